The lowest BCUT2D eigenvalue weighted by Gasteiger charge is -2.37. The summed E-state index contributed by atoms with van der Waals surface area (Å²) in [6.45, 7) is 7.66. The maximum Gasteiger partial charge on any atom is 0.267 e. The van der Waals surface area contributed by atoms with Gasteiger partial charge in [-0.3, -0.25) is 9.69 Å². The minimum absolute atomic E-state index is 0. The molecule has 2 aromatic rings. The zero-order valence-electron chi connectivity index (χ0n) is 15.2. The molecule has 0 saturated carbocycles. The second-order valence-corrected chi connectivity index (χ2v) is 7.01. The zero-order valence-corrected chi connectivity index (χ0v) is 16.8. The molecule has 0 spiro atoms. The maximum atomic E-state index is 11.9. The fourth-order valence-electron chi connectivity index (χ4n) is 3.39. The number of H-pyrrole nitrogens is 1. The van der Waals surface area contributed by atoms with E-state index in [1.807, 2.05) is 12.1 Å². The Morgan fingerprint density at radius 2 is 1.77 bits per heavy atom. The Hall–Kier alpha value is -1.49. The average Bonchev–Trinajstić information content (AvgIpc) is 2.65. The van der Waals surface area contributed by atoms with E-state index >= 15 is 0 Å². The lowest BCUT2D eigenvalue weighted by Crippen LogP contribution is -2.46. The fourth-order valence-corrected chi connectivity index (χ4v) is 3.50. The molecule has 1 N–H and O–H groups in total. The number of nitrogens with zero attached hydrogens (tertiary/aromatic N) is 2. The van der Waals surface area contributed by atoms with Crippen LogP contribution in [0.1, 0.15) is 26.2 Å². The molecule has 1 fully saturated rings. The number of unbranched alkanes of at least 4 members (excludes halogenated alkanes) is 2. The van der Waals surface area contributed by atoms with Crippen LogP contribution in [-0.2, 0) is 0 Å². The molecule has 2 heterocycles. The Kier molecular flexibility index (Phi) is 8.01. The molecule has 26 heavy (non-hydrogen) atoms. The van der Waals surface area contributed by atoms with Crippen molar-refractivity contribution in [3.05, 3.63) is 51.8 Å². The van der Waals surface area contributed by atoms with E-state index < -0.39 is 0 Å². The first-order valence-corrected chi connectivity index (χ1v) is 9.52. The van der Waals surface area contributed by atoms with Gasteiger partial charge in [-0.1, -0.05) is 49.6 Å². The van der Waals surface area contributed by atoms with Crippen molar-refractivity contribution < 1.29 is 0 Å². The number of nitrogens with one attached hydrogen (secondary N) is 1. The predicted octanol–water partition coefficient (Wildman–Crippen LogP) is 4.43. The molecule has 6 heteroatoms. The zero-order chi connectivity index (χ0) is 17.6. The van der Waals surface area contributed by atoms with Crippen LogP contribution in [0.2, 0.25) is 5.02 Å². The molecular formula is C20H27Cl2N3O. The number of benzene rings is 1. The third-order valence-corrected chi connectivity index (χ3v) is 5.14. The topological polar surface area (TPSA) is 39.3 Å². The summed E-state index contributed by atoms with van der Waals surface area (Å²) in [5.74, 6) is 0. The van der Waals surface area contributed by atoms with Crippen LogP contribution in [0.5, 0.6) is 0 Å². The van der Waals surface area contributed by atoms with Crippen molar-refractivity contribution in [2.75, 3.05) is 37.6 Å². The van der Waals surface area contributed by atoms with Crippen LogP contribution in [0.3, 0.4) is 0 Å². The Bertz CT molecular complexity index is 755. The van der Waals surface area contributed by atoms with Gasteiger partial charge < -0.3 is 9.88 Å². The van der Waals surface area contributed by atoms with Crippen LogP contribution in [0, 0.1) is 0 Å². The number of aromatic nitrogens is 1. The second-order valence-electron chi connectivity index (χ2n) is 6.60. The molecule has 0 radical (unpaired) electrons. The van der Waals surface area contributed by atoms with Crippen LogP contribution in [0.4, 0.5) is 5.69 Å². The van der Waals surface area contributed by atoms with Crippen LogP contribution < -0.4 is 10.5 Å². The van der Waals surface area contributed by atoms with Crippen molar-refractivity contribution in [3.63, 3.8) is 0 Å². The Morgan fingerprint density at radius 1 is 1.04 bits per heavy atom. The number of piperazine rings is 1. The third kappa shape index (κ3) is 5.03. The minimum Gasteiger partial charge on any atom is -0.368 e. The molecule has 1 aliphatic heterocycles. The third-order valence-electron chi connectivity index (χ3n) is 4.85. The van der Waals surface area contributed by atoms with Gasteiger partial charge >= 0.3 is 0 Å². The van der Waals surface area contributed by atoms with Crippen LogP contribution in [0.15, 0.2) is 41.2 Å². The van der Waals surface area contributed by atoms with Gasteiger partial charge in [0.25, 0.3) is 5.56 Å². The van der Waals surface area contributed by atoms with Gasteiger partial charge in [0, 0.05) is 37.4 Å². The first-order chi connectivity index (χ1) is 12.2. The summed E-state index contributed by atoms with van der Waals surface area (Å²) in [4.78, 5) is 19.7. The molecule has 3 rings (SSSR count). The minimum atomic E-state index is -0.241. The molecule has 0 bridgehead atoms. The maximum absolute atomic E-state index is 11.9. The highest BCUT2D eigenvalue weighted by molar-refractivity contribution is 6.30. The molecule has 1 saturated heterocycles. The molecule has 1 aromatic heterocycles. The second kappa shape index (κ2) is 10.0. The summed E-state index contributed by atoms with van der Waals surface area (Å²) in [6, 6.07) is 11.8. The number of hydrogen-bond donors (Lipinski definition) is 1. The highest BCUT2D eigenvalue weighted by Gasteiger charge is 2.19. The van der Waals surface area contributed by atoms with Crippen LogP contribution in [0.25, 0.3) is 11.3 Å². The van der Waals surface area contributed by atoms with E-state index in [4.69, 9.17) is 11.6 Å². The lowest BCUT2D eigenvalue weighted by atomic mass is 10.1. The van der Waals surface area contributed by atoms with Gasteiger partial charge in [-0.2, -0.15) is 0 Å². The molecule has 1 aromatic carbocycles. The normalized spacial score (nSPS) is 14.9. The van der Waals surface area contributed by atoms with E-state index in [1.54, 1.807) is 6.07 Å². The molecule has 0 amide bonds. The summed E-state index contributed by atoms with van der Waals surface area (Å²) >= 11 is 5.87. The highest BCUT2D eigenvalue weighted by Crippen LogP contribution is 2.30. The van der Waals surface area contributed by atoms with E-state index in [-0.39, 0.29) is 23.0 Å². The van der Waals surface area contributed by atoms with Crippen molar-refractivity contribution >= 4 is 29.7 Å². The summed E-state index contributed by atoms with van der Waals surface area (Å²) in [5, 5.41) is 0.224. The van der Waals surface area contributed by atoms with Gasteiger partial charge in [0.15, 0.2) is 0 Å². The quantitative estimate of drug-likeness (QED) is 0.735. The molecule has 0 aliphatic carbocycles. The number of pyridine rings is 1. The standard InChI is InChI=1S/C20H26ClN3O.ClH/c1-2-3-6-11-23-12-14-24(15-13-23)19-8-5-4-7-16(19)18-10-9-17(21)20(25)22-18;/h4-5,7-10H,2-3,6,11-15H2,1H3,(H,22,25);1H. The number of anilines is 1. The van der Waals surface area contributed by atoms with Gasteiger partial charge in [0.05, 0.1) is 5.69 Å². The van der Waals surface area contributed by atoms with Crippen molar-refractivity contribution in [2.24, 2.45) is 0 Å². The first-order valence-electron chi connectivity index (χ1n) is 9.14. The number of hydrogen-bond acceptors (Lipinski definition) is 3. The van der Waals surface area contributed by atoms with Crippen molar-refractivity contribution in [2.45, 2.75) is 26.2 Å². The van der Waals surface area contributed by atoms with Gasteiger partial charge in [-0.15, -0.1) is 12.4 Å². The monoisotopic (exact) mass is 395 g/mol. The molecular weight excluding hydrogens is 369 g/mol. The summed E-state index contributed by atoms with van der Waals surface area (Å²) in [7, 11) is 0. The van der Waals surface area contributed by atoms with Crippen LogP contribution in [-0.4, -0.2) is 42.6 Å². The first kappa shape index (κ1) is 20.8. The number of rotatable bonds is 6. The number of para-hydroxylation sites is 1. The largest absolute Gasteiger partial charge is 0.368 e. The average molecular weight is 396 g/mol. The Morgan fingerprint density at radius 3 is 2.46 bits per heavy atom. The van der Waals surface area contributed by atoms with E-state index in [1.165, 1.54) is 31.5 Å². The molecule has 142 valence electrons. The molecule has 1 aliphatic rings. The number of halogens is 2. The van der Waals surface area contributed by atoms with E-state index in [0.29, 0.717) is 0 Å². The van der Waals surface area contributed by atoms with Crippen molar-refractivity contribution in [1.82, 2.24) is 9.88 Å². The lowest BCUT2D eigenvalue weighted by molar-refractivity contribution is 0.253. The summed E-state index contributed by atoms with van der Waals surface area (Å²) in [6.07, 6.45) is 3.87. The Balaban J connectivity index is 0.00000243. The Labute approximate surface area is 166 Å². The number of aromatic amines is 1. The van der Waals surface area contributed by atoms with Gasteiger partial charge in [0.2, 0.25) is 0 Å². The summed E-state index contributed by atoms with van der Waals surface area (Å²) in [5.41, 5.74) is 2.80. The molecule has 0 atom stereocenters. The van der Waals surface area contributed by atoms with Gasteiger partial charge in [0.1, 0.15) is 5.02 Å². The SMILES string of the molecule is CCCCCN1CCN(c2ccccc2-c2ccc(Cl)c(=O)[nH]2)CC1.Cl. The fraction of sp³-hybridized carbons (Fsp3) is 0.450. The predicted molar refractivity (Wildman–Crippen MR) is 113 cm³/mol. The summed E-state index contributed by atoms with van der Waals surface area (Å²) < 4.78 is 0. The van der Waals surface area contributed by atoms with Gasteiger partial charge in [-0.25, -0.2) is 0 Å². The smallest absolute Gasteiger partial charge is 0.267 e. The van der Waals surface area contributed by atoms with Crippen LogP contribution >= 0.6 is 24.0 Å². The molecule has 0 unspecified atom stereocenters. The van der Waals surface area contributed by atoms with E-state index in [0.717, 1.165) is 37.4 Å². The van der Waals surface area contributed by atoms with E-state index in [2.05, 4.69) is 39.9 Å². The highest BCUT2D eigenvalue weighted by atomic mass is 35.5. The van der Waals surface area contributed by atoms with Crippen molar-refractivity contribution in [1.29, 1.82) is 0 Å². The van der Waals surface area contributed by atoms with Crippen molar-refractivity contribution in [3.8, 4) is 11.3 Å². The van der Waals surface area contributed by atoms with Gasteiger partial charge in [-0.05, 0) is 31.2 Å². The van der Waals surface area contributed by atoms with E-state index in [9.17, 15) is 4.79 Å². The molecule has 4 nitrogen and oxygen atoms in total.